The van der Waals surface area contributed by atoms with Gasteiger partial charge in [-0.15, -0.1) is 6.58 Å². The van der Waals surface area contributed by atoms with Crippen LogP contribution in [0.4, 0.5) is 0 Å². The predicted octanol–water partition coefficient (Wildman–Crippen LogP) is -0.110. The van der Waals surface area contributed by atoms with Crippen LogP contribution < -0.4 is 0 Å². The van der Waals surface area contributed by atoms with E-state index in [9.17, 15) is 4.79 Å². The second-order valence-electron chi connectivity index (χ2n) is 3.06. The number of carbonyl (C=O) groups excluding carboxylic acids is 1. The zero-order chi connectivity index (χ0) is 11.1. The Morgan fingerprint density at radius 3 is 3.00 bits per heavy atom. The van der Waals surface area contributed by atoms with Crippen molar-refractivity contribution in [2.45, 2.75) is 6.54 Å². The lowest BCUT2D eigenvalue weighted by molar-refractivity contribution is -0.132. The van der Waals surface area contributed by atoms with Crippen molar-refractivity contribution in [3.8, 4) is 0 Å². The molecule has 0 aliphatic carbocycles. The van der Waals surface area contributed by atoms with Crippen LogP contribution in [0, 0.1) is 0 Å². The largest absolute Gasteiger partial charge is 0.395 e. The Bertz CT molecular complexity index is 308. The Kier molecular flexibility index (Phi) is 4.56. The van der Waals surface area contributed by atoms with Gasteiger partial charge in [-0.05, 0) is 6.07 Å². The van der Waals surface area contributed by atoms with E-state index in [1.54, 1.807) is 29.2 Å². The van der Waals surface area contributed by atoms with Gasteiger partial charge in [0.25, 0.3) is 0 Å². The minimum atomic E-state index is -0.0762. The molecule has 0 aliphatic heterocycles. The van der Waals surface area contributed by atoms with Crippen LogP contribution in [0.2, 0.25) is 0 Å². The Hall–Kier alpha value is -1.62. The fourth-order valence-corrected chi connectivity index (χ4v) is 1.23. The summed E-state index contributed by atoms with van der Waals surface area (Å²) < 4.78 is 1.55. The molecule has 5 nitrogen and oxygen atoms in total. The van der Waals surface area contributed by atoms with E-state index >= 15 is 0 Å². The Morgan fingerprint density at radius 2 is 2.47 bits per heavy atom. The fourth-order valence-electron chi connectivity index (χ4n) is 1.23. The van der Waals surface area contributed by atoms with Gasteiger partial charge >= 0.3 is 0 Å². The molecule has 0 aromatic carbocycles. The number of hydrogen-bond acceptors (Lipinski definition) is 3. The lowest BCUT2D eigenvalue weighted by atomic mass is 10.4. The molecule has 0 atom stereocenters. The summed E-state index contributed by atoms with van der Waals surface area (Å²) in [5.41, 5.74) is 0. The van der Waals surface area contributed by atoms with E-state index in [-0.39, 0.29) is 19.1 Å². The molecule has 0 bridgehead atoms. The highest BCUT2D eigenvalue weighted by Crippen LogP contribution is 1.94. The first-order chi connectivity index (χ1) is 7.27. The number of aromatic nitrogens is 2. The van der Waals surface area contributed by atoms with Crippen LogP contribution in [-0.4, -0.2) is 45.4 Å². The average molecular weight is 209 g/mol. The van der Waals surface area contributed by atoms with Crippen LogP contribution in [0.3, 0.4) is 0 Å². The van der Waals surface area contributed by atoms with E-state index in [0.717, 1.165) is 0 Å². The van der Waals surface area contributed by atoms with Gasteiger partial charge in [-0.25, -0.2) is 0 Å². The average Bonchev–Trinajstić information content (AvgIpc) is 2.70. The number of nitrogens with zero attached hydrogens (tertiary/aromatic N) is 3. The molecule has 0 saturated heterocycles. The summed E-state index contributed by atoms with van der Waals surface area (Å²) in [5.74, 6) is -0.0762. The molecule has 5 heteroatoms. The first kappa shape index (κ1) is 11.5. The van der Waals surface area contributed by atoms with E-state index < -0.39 is 0 Å². The Balaban J connectivity index is 2.52. The normalized spacial score (nSPS) is 9.93. The summed E-state index contributed by atoms with van der Waals surface area (Å²) in [5, 5.41) is 12.7. The van der Waals surface area contributed by atoms with Gasteiger partial charge in [0.05, 0.1) is 6.61 Å². The van der Waals surface area contributed by atoms with E-state index in [4.69, 9.17) is 5.11 Å². The van der Waals surface area contributed by atoms with Gasteiger partial charge < -0.3 is 10.0 Å². The summed E-state index contributed by atoms with van der Waals surface area (Å²) >= 11 is 0. The lowest BCUT2D eigenvalue weighted by Gasteiger charge is -2.19. The second kappa shape index (κ2) is 5.98. The summed E-state index contributed by atoms with van der Waals surface area (Å²) in [7, 11) is 0. The smallest absolute Gasteiger partial charge is 0.244 e. The summed E-state index contributed by atoms with van der Waals surface area (Å²) in [6.45, 7) is 4.49. The molecule has 0 aliphatic rings. The summed E-state index contributed by atoms with van der Waals surface area (Å²) in [6, 6.07) is 1.76. The molecular weight excluding hydrogens is 194 g/mol. The summed E-state index contributed by atoms with van der Waals surface area (Å²) in [6.07, 6.45) is 4.98. The van der Waals surface area contributed by atoms with E-state index in [1.165, 1.54) is 4.90 Å². The van der Waals surface area contributed by atoms with Crippen LogP contribution >= 0.6 is 0 Å². The first-order valence-corrected chi connectivity index (χ1v) is 4.75. The molecule has 0 unspecified atom stereocenters. The molecule has 0 spiro atoms. The quantitative estimate of drug-likeness (QED) is 0.665. The van der Waals surface area contributed by atoms with Gasteiger partial charge in [-0.2, -0.15) is 5.10 Å². The molecule has 1 aromatic rings. The van der Waals surface area contributed by atoms with Gasteiger partial charge in [-0.1, -0.05) is 6.08 Å². The van der Waals surface area contributed by atoms with Crippen LogP contribution in [0.25, 0.3) is 0 Å². The van der Waals surface area contributed by atoms with Crippen molar-refractivity contribution in [3.63, 3.8) is 0 Å². The van der Waals surface area contributed by atoms with Crippen LogP contribution in [0.1, 0.15) is 0 Å². The van der Waals surface area contributed by atoms with Gasteiger partial charge in [-0.3, -0.25) is 9.48 Å². The molecule has 0 fully saturated rings. The van der Waals surface area contributed by atoms with Crippen LogP contribution in [0.5, 0.6) is 0 Å². The van der Waals surface area contributed by atoms with Gasteiger partial charge in [0.2, 0.25) is 5.91 Å². The van der Waals surface area contributed by atoms with Gasteiger partial charge in [0, 0.05) is 25.5 Å². The maximum Gasteiger partial charge on any atom is 0.244 e. The first-order valence-electron chi connectivity index (χ1n) is 4.75. The highest BCUT2D eigenvalue weighted by molar-refractivity contribution is 5.76. The van der Waals surface area contributed by atoms with Crippen molar-refractivity contribution in [2.75, 3.05) is 19.7 Å². The third kappa shape index (κ3) is 3.55. The Morgan fingerprint density at radius 1 is 1.67 bits per heavy atom. The maximum absolute atomic E-state index is 11.7. The van der Waals surface area contributed by atoms with Gasteiger partial charge in [0.15, 0.2) is 0 Å². The molecule has 1 N–H and O–H groups in total. The number of carbonyl (C=O) groups is 1. The van der Waals surface area contributed by atoms with Crippen molar-refractivity contribution in [1.29, 1.82) is 0 Å². The molecule has 0 saturated carbocycles. The molecule has 82 valence electrons. The molecule has 1 heterocycles. The van der Waals surface area contributed by atoms with Crippen molar-refractivity contribution in [3.05, 3.63) is 31.1 Å². The number of rotatable bonds is 6. The van der Waals surface area contributed by atoms with E-state index in [0.29, 0.717) is 13.1 Å². The number of aliphatic hydroxyl groups is 1. The van der Waals surface area contributed by atoms with Crippen molar-refractivity contribution in [2.24, 2.45) is 0 Å². The second-order valence-corrected chi connectivity index (χ2v) is 3.06. The zero-order valence-electron chi connectivity index (χ0n) is 8.54. The van der Waals surface area contributed by atoms with E-state index in [2.05, 4.69) is 11.7 Å². The highest BCUT2D eigenvalue weighted by Gasteiger charge is 2.11. The van der Waals surface area contributed by atoms with Crippen molar-refractivity contribution >= 4 is 5.91 Å². The number of amides is 1. The topological polar surface area (TPSA) is 58.4 Å². The van der Waals surface area contributed by atoms with Crippen LogP contribution in [0.15, 0.2) is 31.1 Å². The standard InChI is InChI=1S/C10H15N3O2/c1-2-5-12(7-8-14)10(15)9-13-6-3-4-11-13/h2-4,6,14H,1,5,7-9H2. The van der Waals surface area contributed by atoms with E-state index in [1.807, 2.05) is 0 Å². The molecule has 0 radical (unpaired) electrons. The minimum Gasteiger partial charge on any atom is -0.395 e. The summed E-state index contributed by atoms with van der Waals surface area (Å²) in [4.78, 5) is 13.2. The zero-order valence-corrected chi connectivity index (χ0v) is 8.54. The highest BCUT2D eigenvalue weighted by atomic mass is 16.3. The van der Waals surface area contributed by atoms with Crippen molar-refractivity contribution < 1.29 is 9.90 Å². The number of aliphatic hydroxyl groups excluding tert-OH is 1. The Labute approximate surface area is 88.6 Å². The molecule has 1 rings (SSSR count). The SMILES string of the molecule is C=CCN(CCO)C(=O)Cn1cccn1. The molecule has 15 heavy (non-hydrogen) atoms. The van der Waals surface area contributed by atoms with Gasteiger partial charge in [0.1, 0.15) is 6.54 Å². The molecule has 1 amide bonds. The van der Waals surface area contributed by atoms with Crippen LogP contribution in [-0.2, 0) is 11.3 Å². The third-order valence-corrected chi connectivity index (χ3v) is 1.93. The lowest BCUT2D eigenvalue weighted by Crippen LogP contribution is -2.36. The van der Waals surface area contributed by atoms with Crippen molar-refractivity contribution in [1.82, 2.24) is 14.7 Å². The third-order valence-electron chi connectivity index (χ3n) is 1.93. The molecule has 1 aromatic heterocycles. The maximum atomic E-state index is 11.7. The fraction of sp³-hybridized carbons (Fsp3) is 0.400. The molecular formula is C10H15N3O2. The monoisotopic (exact) mass is 209 g/mol. The minimum absolute atomic E-state index is 0.0430. The number of hydrogen-bond donors (Lipinski definition) is 1. The predicted molar refractivity (Wildman–Crippen MR) is 56.1 cm³/mol.